The Hall–Kier alpha value is 0.510. The van der Waals surface area contributed by atoms with Crippen LogP contribution in [0.1, 0.15) is 122 Å². The summed E-state index contributed by atoms with van der Waals surface area (Å²) in [5.41, 5.74) is 0. The molecule has 0 unspecified atom stereocenters. The number of amides is 1. The minimum atomic E-state index is -0.703. The first-order valence-electron chi connectivity index (χ1n) is 14.2. The van der Waals surface area contributed by atoms with E-state index in [1.165, 1.54) is 57.8 Å². The van der Waals surface area contributed by atoms with E-state index in [-0.39, 0.29) is 19.2 Å². The fraction of sp³-hybridized carbons (Fsp3) is 0.885. The lowest BCUT2D eigenvalue weighted by molar-refractivity contribution is -0.141. The third-order valence-electron chi connectivity index (χ3n) is 6.66. The third kappa shape index (κ3) is 16.7. The van der Waals surface area contributed by atoms with Gasteiger partial charge in [0.2, 0.25) is 5.91 Å². The van der Waals surface area contributed by atoms with Gasteiger partial charge in [-0.1, -0.05) is 127 Å². The number of hydrogen-bond donors (Lipinski definition) is 3. The van der Waals surface area contributed by atoms with E-state index in [9.17, 15) is 19.5 Å². The maximum atomic E-state index is 12.1. The monoisotopic (exact) mass is 643 g/mol. The molecule has 2 saturated heterocycles. The van der Waals surface area contributed by atoms with Gasteiger partial charge in [-0.2, -0.15) is 0 Å². The molecule has 0 aromatic carbocycles. The lowest BCUT2D eigenvalue weighted by Gasteiger charge is -2.27. The average Bonchev–Trinajstić information content (AvgIpc) is 3.65. The van der Waals surface area contributed by atoms with Gasteiger partial charge in [-0.3, -0.25) is 14.4 Å². The van der Waals surface area contributed by atoms with Crippen LogP contribution in [-0.2, 0) is 14.4 Å². The van der Waals surface area contributed by atoms with Gasteiger partial charge < -0.3 is 15.5 Å². The van der Waals surface area contributed by atoms with Crippen LogP contribution < -0.4 is 5.32 Å². The van der Waals surface area contributed by atoms with Gasteiger partial charge in [0.05, 0.1) is 10.5 Å². The zero-order chi connectivity index (χ0) is 27.5. The topological polar surface area (TPSA) is 104 Å². The highest BCUT2D eigenvalue weighted by molar-refractivity contribution is 9.14. The van der Waals surface area contributed by atoms with E-state index in [0.29, 0.717) is 25.8 Å². The van der Waals surface area contributed by atoms with Gasteiger partial charge in [0.15, 0.2) is 2.74 Å². The maximum Gasteiger partial charge on any atom is 0.308 e. The average molecular weight is 644 g/mol. The summed E-state index contributed by atoms with van der Waals surface area (Å²) < 4.78 is 0.289. The Morgan fingerprint density at radius 1 is 0.632 bits per heavy atom. The molecule has 38 heavy (non-hydrogen) atoms. The van der Waals surface area contributed by atoms with Crippen LogP contribution in [0, 0.1) is 5.92 Å². The first-order valence-corrected chi connectivity index (χ1v) is 20.8. The van der Waals surface area contributed by atoms with Gasteiger partial charge in [0.25, 0.3) is 0 Å². The molecule has 2 rings (SSSR count). The SMILES string of the molecule is O=C(O)CCCCCCCCCCCCCCCCC(=O)NCCCC[C@@H](C(=O)O)C1SSC2(SS1)SS2. The Morgan fingerprint density at radius 3 is 1.55 bits per heavy atom. The molecule has 220 valence electrons. The Kier molecular flexibility index (Phi) is 19.4. The summed E-state index contributed by atoms with van der Waals surface area (Å²) in [6.07, 6.45) is 19.8. The van der Waals surface area contributed by atoms with E-state index in [1.54, 1.807) is 43.2 Å². The molecule has 1 atom stereocenters. The number of aliphatic carboxylic acids is 2. The van der Waals surface area contributed by atoms with Crippen molar-refractivity contribution in [2.45, 2.75) is 129 Å². The van der Waals surface area contributed by atoms with Crippen LogP contribution in [-0.4, -0.2) is 41.9 Å². The Labute approximate surface area is 252 Å². The molecule has 0 bridgehead atoms. The number of hydrogen-bond acceptors (Lipinski definition) is 9. The molecule has 0 radical (unpaired) electrons. The fourth-order valence-electron chi connectivity index (χ4n) is 4.33. The summed E-state index contributed by atoms with van der Waals surface area (Å²) >= 11 is 0. The number of carbonyl (C=O) groups is 3. The van der Waals surface area contributed by atoms with Crippen molar-refractivity contribution in [3.63, 3.8) is 0 Å². The Balaban J connectivity index is 1.31. The van der Waals surface area contributed by atoms with Crippen molar-refractivity contribution < 1.29 is 24.6 Å². The zero-order valence-corrected chi connectivity index (χ0v) is 27.3. The van der Waals surface area contributed by atoms with Crippen molar-refractivity contribution in [1.29, 1.82) is 0 Å². The van der Waals surface area contributed by atoms with Gasteiger partial charge >= 0.3 is 11.9 Å². The summed E-state index contributed by atoms with van der Waals surface area (Å²) in [6.45, 7) is 0.640. The molecule has 2 heterocycles. The number of carbonyl (C=O) groups excluding carboxylic acids is 1. The predicted molar refractivity (Wildman–Crippen MR) is 172 cm³/mol. The molecule has 2 aliphatic rings. The van der Waals surface area contributed by atoms with Crippen molar-refractivity contribution in [3.05, 3.63) is 0 Å². The standard InChI is InChI=1S/C26H45NO5S6/c28-22(18-13-11-9-7-5-3-1-2-4-6-8-10-12-14-19-23(29)30)27-20-16-15-17-21(24(31)32)25-33-35-26(36-34-25)37-38-26/h21,25H,1-20H2,(H,27,28)(H,29,30)(H,31,32)/t21-/m0/s1. The lowest BCUT2D eigenvalue weighted by Crippen LogP contribution is -2.26. The first kappa shape index (κ1) is 34.7. The van der Waals surface area contributed by atoms with Gasteiger partial charge in [-0.25, -0.2) is 0 Å². The van der Waals surface area contributed by atoms with Gasteiger partial charge in [0, 0.05) is 19.4 Å². The summed E-state index contributed by atoms with van der Waals surface area (Å²) in [5, 5.41) is 21.3. The van der Waals surface area contributed by atoms with Crippen molar-refractivity contribution in [2.75, 3.05) is 6.54 Å². The molecule has 1 amide bonds. The predicted octanol–water partition coefficient (Wildman–Crippen LogP) is 9.41. The number of unbranched alkanes of at least 4 members (excludes halogenated alkanes) is 14. The lowest BCUT2D eigenvalue weighted by atomic mass is 10.0. The Morgan fingerprint density at radius 2 is 1.11 bits per heavy atom. The first-order chi connectivity index (χ1) is 18.4. The molecule has 2 fully saturated rings. The molecule has 6 nitrogen and oxygen atoms in total. The van der Waals surface area contributed by atoms with Crippen LogP contribution >= 0.6 is 64.8 Å². The van der Waals surface area contributed by atoms with E-state index in [2.05, 4.69) is 5.32 Å². The summed E-state index contributed by atoms with van der Waals surface area (Å²) in [4.78, 5) is 34.3. The Bertz CT molecular complexity index is 687. The summed E-state index contributed by atoms with van der Waals surface area (Å²) in [6, 6.07) is 0. The number of nitrogens with one attached hydrogen (secondary N) is 1. The quantitative estimate of drug-likeness (QED) is 0.0532. The van der Waals surface area contributed by atoms with Crippen LogP contribution in [0.5, 0.6) is 0 Å². The van der Waals surface area contributed by atoms with E-state index in [0.717, 1.165) is 44.9 Å². The van der Waals surface area contributed by atoms with Crippen LogP contribution in [0.2, 0.25) is 0 Å². The van der Waals surface area contributed by atoms with E-state index in [4.69, 9.17) is 5.11 Å². The van der Waals surface area contributed by atoms with Crippen LogP contribution in [0.15, 0.2) is 0 Å². The molecule has 12 heteroatoms. The largest absolute Gasteiger partial charge is 0.481 e. The molecule has 0 aromatic heterocycles. The molecule has 1 spiro atoms. The molecule has 0 saturated carbocycles. The fourth-order valence-corrected chi connectivity index (χ4v) is 18.2. The summed E-state index contributed by atoms with van der Waals surface area (Å²) in [5.74, 6) is -1.60. The second-order valence-corrected chi connectivity index (χ2v) is 19.5. The zero-order valence-electron chi connectivity index (χ0n) is 22.4. The van der Waals surface area contributed by atoms with Crippen LogP contribution in [0.4, 0.5) is 0 Å². The smallest absolute Gasteiger partial charge is 0.308 e. The van der Waals surface area contributed by atoms with E-state index >= 15 is 0 Å². The molecule has 3 N–H and O–H groups in total. The van der Waals surface area contributed by atoms with Gasteiger partial charge in [-0.05, 0) is 47.3 Å². The summed E-state index contributed by atoms with van der Waals surface area (Å²) in [7, 11) is 10.8. The second kappa shape index (κ2) is 21.2. The molecular weight excluding hydrogens is 599 g/mol. The highest BCUT2D eigenvalue weighted by Crippen LogP contribution is 2.84. The normalized spacial score (nSPS) is 17.4. The van der Waals surface area contributed by atoms with Crippen LogP contribution in [0.3, 0.4) is 0 Å². The number of carboxylic acid groups (broad SMARTS) is 2. The highest BCUT2D eigenvalue weighted by Gasteiger charge is 2.53. The second-order valence-electron chi connectivity index (χ2n) is 10.0. The van der Waals surface area contributed by atoms with Crippen LogP contribution in [0.25, 0.3) is 0 Å². The van der Waals surface area contributed by atoms with E-state index < -0.39 is 11.9 Å². The minimum absolute atomic E-state index is 0.0867. The van der Waals surface area contributed by atoms with Crippen molar-refractivity contribution in [3.8, 4) is 0 Å². The third-order valence-corrected chi connectivity index (χ3v) is 20.5. The van der Waals surface area contributed by atoms with Crippen molar-refractivity contribution in [2.24, 2.45) is 5.92 Å². The van der Waals surface area contributed by atoms with Crippen molar-refractivity contribution >= 4 is 82.6 Å². The highest BCUT2D eigenvalue weighted by atomic mass is 33.2. The van der Waals surface area contributed by atoms with Crippen molar-refractivity contribution in [1.82, 2.24) is 5.32 Å². The molecule has 2 aliphatic heterocycles. The van der Waals surface area contributed by atoms with E-state index in [1.807, 2.05) is 21.6 Å². The minimum Gasteiger partial charge on any atom is -0.481 e. The number of carboxylic acids is 2. The number of rotatable bonds is 24. The molecular formula is C26H45NO5S6. The maximum absolute atomic E-state index is 12.1. The van der Waals surface area contributed by atoms with Gasteiger partial charge in [-0.15, -0.1) is 0 Å². The molecule has 0 aromatic rings. The van der Waals surface area contributed by atoms with Gasteiger partial charge in [0.1, 0.15) is 0 Å². The molecule has 0 aliphatic carbocycles.